The molecule has 1 aromatic carbocycles. The lowest BCUT2D eigenvalue weighted by Crippen LogP contribution is -2.16. The highest BCUT2D eigenvalue weighted by Gasteiger charge is 2.13. The average Bonchev–Trinajstić information content (AvgIpc) is 2.86. The summed E-state index contributed by atoms with van der Waals surface area (Å²) in [6.45, 7) is 1.87. The lowest BCUT2D eigenvalue weighted by molar-refractivity contribution is 0.416. The number of benzene rings is 1. The fourth-order valence-corrected chi connectivity index (χ4v) is 2.71. The Labute approximate surface area is 124 Å². The molecule has 0 saturated heterocycles. The summed E-state index contributed by atoms with van der Waals surface area (Å²) < 4.78 is 29.9. The highest BCUT2D eigenvalue weighted by atomic mass is 32.2. The monoisotopic (exact) mass is 309 g/mol. The quantitative estimate of drug-likeness (QED) is 0.875. The molecule has 0 aliphatic rings. The molecule has 0 bridgehead atoms. The van der Waals surface area contributed by atoms with Gasteiger partial charge in [0, 0.05) is 17.4 Å². The van der Waals surface area contributed by atoms with Crippen LogP contribution in [0.2, 0.25) is 0 Å². The zero-order chi connectivity index (χ0) is 15.5. The van der Waals surface area contributed by atoms with Crippen molar-refractivity contribution in [3.8, 4) is 17.0 Å². The van der Waals surface area contributed by atoms with Crippen LogP contribution in [0.25, 0.3) is 11.3 Å². The molecule has 2 rings (SSSR count). The summed E-state index contributed by atoms with van der Waals surface area (Å²) in [6, 6.07) is 9.20. The molecule has 0 spiro atoms. The number of rotatable bonds is 6. The summed E-state index contributed by atoms with van der Waals surface area (Å²) in [6.07, 6.45) is 0. The molecular formula is C14H19N3O3S. The Morgan fingerprint density at radius 2 is 2.05 bits per heavy atom. The number of nitrogen functional groups attached to an aromatic ring is 1. The van der Waals surface area contributed by atoms with Crippen LogP contribution in [0.4, 0.5) is 5.82 Å². The van der Waals surface area contributed by atoms with Gasteiger partial charge in [0.25, 0.3) is 0 Å². The van der Waals surface area contributed by atoms with Gasteiger partial charge in [0.1, 0.15) is 11.6 Å². The molecule has 0 fully saturated rings. The van der Waals surface area contributed by atoms with Crippen LogP contribution in [-0.2, 0) is 16.4 Å². The molecule has 7 heteroatoms. The van der Waals surface area contributed by atoms with Crippen molar-refractivity contribution < 1.29 is 13.2 Å². The normalized spacial score (nSPS) is 11.5. The van der Waals surface area contributed by atoms with Crippen LogP contribution >= 0.6 is 0 Å². The average molecular weight is 309 g/mol. The maximum absolute atomic E-state index is 11.6. The highest BCUT2D eigenvalue weighted by Crippen LogP contribution is 2.29. The molecule has 1 heterocycles. The molecule has 0 atom stereocenters. The smallest absolute Gasteiger partial charge is 0.151 e. The SMILES string of the molecule is CCS(=O)(=O)CCn1nc(-c2ccccc2OC)cc1N. The van der Waals surface area contributed by atoms with Crippen LogP contribution in [-0.4, -0.2) is 36.8 Å². The zero-order valence-corrected chi connectivity index (χ0v) is 12.9. The van der Waals surface area contributed by atoms with Gasteiger partial charge in [-0.05, 0) is 12.1 Å². The van der Waals surface area contributed by atoms with Gasteiger partial charge in [0.05, 0.1) is 25.1 Å². The van der Waals surface area contributed by atoms with Crippen molar-refractivity contribution in [2.45, 2.75) is 13.5 Å². The number of aromatic nitrogens is 2. The molecule has 0 amide bonds. The summed E-state index contributed by atoms with van der Waals surface area (Å²) >= 11 is 0. The molecule has 0 radical (unpaired) electrons. The highest BCUT2D eigenvalue weighted by molar-refractivity contribution is 7.91. The number of methoxy groups -OCH3 is 1. The Hall–Kier alpha value is -2.02. The molecule has 21 heavy (non-hydrogen) atoms. The summed E-state index contributed by atoms with van der Waals surface area (Å²) in [7, 11) is -1.45. The predicted octanol–water partition coefficient (Wildman–Crippen LogP) is 1.58. The Kier molecular flexibility index (Phi) is 4.52. The van der Waals surface area contributed by atoms with E-state index < -0.39 is 9.84 Å². The van der Waals surface area contributed by atoms with Crippen LogP contribution in [0.5, 0.6) is 5.75 Å². The van der Waals surface area contributed by atoms with E-state index in [4.69, 9.17) is 10.5 Å². The number of anilines is 1. The lowest BCUT2D eigenvalue weighted by atomic mass is 10.1. The molecule has 0 unspecified atom stereocenters. The Balaban J connectivity index is 2.27. The molecule has 1 aromatic heterocycles. The number of ether oxygens (including phenoxy) is 1. The Morgan fingerprint density at radius 1 is 1.33 bits per heavy atom. The van der Waals surface area contributed by atoms with E-state index in [0.717, 1.165) is 5.56 Å². The van der Waals surface area contributed by atoms with Gasteiger partial charge in [-0.15, -0.1) is 0 Å². The molecule has 2 N–H and O–H groups in total. The molecular weight excluding hydrogens is 290 g/mol. The van der Waals surface area contributed by atoms with Crippen LogP contribution in [0, 0.1) is 0 Å². The number of aryl methyl sites for hydroxylation is 1. The first-order chi connectivity index (χ1) is 9.96. The zero-order valence-electron chi connectivity index (χ0n) is 12.1. The number of sulfone groups is 1. The van der Waals surface area contributed by atoms with E-state index in [1.165, 1.54) is 4.68 Å². The molecule has 0 saturated carbocycles. The molecule has 6 nitrogen and oxygen atoms in total. The van der Waals surface area contributed by atoms with Crippen molar-refractivity contribution in [1.82, 2.24) is 9.78 Å². The van der Waals surface area contributed by atoms with Crippen molar-refractivity contribution >= 4 is 15.7 Å². The van der Waals surface area contributed by atoms with Crippen molar-refractivity contribution in [3.63, 3.8) is 0 Å². The second kappa shape index (κ2) is 6.17. The Bertz CT molecular complexity index is 723. The number of para-hydroxylation sites is 1. The van der Waals surface area contributed by atoms with Gasteiger partial charge in [-0.25, -0.2) is 13.1 Å². The first kappa shape index (κ1) is 15.4. The number of hydrogen-bond donors (Lipinski definition) is 1. The van der Waals surface area contributed by atoms with E-state index in [0.29, 0.717) is 17.3 Å². The fraction of sp³-hybridized carbons (Fsp3) is 0.357. The summed E-state index contributed by atoms with van der Waals surface area (Å²) in [5.41, 5.74) is 7.39. The van der Waals surface area contributed by atoms with Crippen LogP contribution in [0.3, 0.4) is 0 Å². The van der Waals surface area contributed by atoms with E-state index in [1.54, 1.807) is 20.1 Å². The summed E-state index contributed by atoms with van der Waals surface area (Å²) in [4.78, 5) is 0. The Morgan fingerprint density at radius 3 is 2.71 bits per heavy atom. The van der Waals surface area contributed by atoms with Gasteiger partial charge in [0.2, 0.25) is 0 Å². The minimum Gasteiger partial charge on any atom is -0.496 e. The topological polar surface area (TPSA) is 87.2 Å². The second-order valence-electron chi connectivity index (χ2n) is 4.61. The minimum absolute atomic E-state index is 0.0285. The van der Waals surface area contributed by atoms with E-state index in [1.807, 2.05) is 24.3 Å². The first-order valence-electron chi connectivity index (χ1n) is 6.64. The van der Waals surface area contributed by atoms with E-state index >= 15 is 0 Å². The van der Waals surface area contributed by atoms with Gasteiger partial charge < -0.3 is 10.5 Å². The third-order valence-corrected chi connectivity index (χ3v) is 4.93. The minimum atomic E-state index is -3.04. The number of nitrogens with two attached hydrogens (primary N) is 1. The fourth-order valence-electron chi connectivity index (χ4n) is 1.97. The summed E-state index contributed by atoms with van der Waals surface area (Å²) in [5, 5.41) is 4.37. The van der Waals surface area contributed by atoms with Gasteiger partial charge in [-0.1, -0.05) is 19.1 Å². The predicted molar refractivity (Wildman–Crippen MR) is 83.0 cm³/mol. The molecule has 114 valence electrons. The molecule has 2 aromatic rings. The number of nitrogens with zero attached hydrogens (tertiary/aromatic N) is 2. The van der Waals surface area contributed by atoms with Gasteiger partial charge in [-0.3, -0.25) is 0 Å². The van der Waals surface area contributed by atoms with Gasteiger partial charge in [0.15, 0.2) is 9.84 Å². The van der Waals surface area contributed by atoms with Crippen molar-refractivity contribution in [2.75, 3.05) is 24.3 Å². The first-order valence-corrected chi connectivity index (χ1v) is 8.46. The van der Waals surface area contributed by atoms with Crippen molar-refractivity contribution in [2.24, 2.45) is 0 Å². The van der Waals surface area contributed by atoms with Crippen LogP contribution < -0.4 is 10.5 Å². The summed E-state index contributed by atoms with van der Waals surface area (Å²) in [5.74, 6) is 1.28. The van der Waals surface area contributed by atoms with Crippen molar-refractivity contribution in [1.29, 1.82) is 0 Å². The molecule has 0 aliphatic heterocycles. The van der Waals surface area contributed by atoms with Crippen LogP contribution in [0.1, 0.15) is 6.92 Å². The maximum atomic E-state index is 11.6. The molecule has 0 aliphatic carbocycles. The van der Waals surface area contributed by atoms with E-state index in [9.17, 15) is 8.42 Å². The number of hydrogen-bond acceptors (Lipinski definition) is 5. The third-order valence-electron chi connectivity index (χ3n) is 3.25. The van der Waals surface area contributed by atoms with Crippen molar-refractivity contribution in [3.05, 3.63) is 30.3 Å². The third kappa shape index (κ3) is 3.55. The maximum Gasteiger partial charge on any atom is 0.151 e. The standard InChI is InChI=1S/C14H19N3O3S/c1-3-21(18,19)9-8-17-14(15)10-12(16-17)11-6-4-5-7-13(11)20-2/h4-7,10H,3,8-9,15H2,1-2H3. The van der Waals surface area contributed by atoms with E-state index in [-0.39, 0.29) is 18.1 Å². The second-order valence-corrected chi connectivity index (χ2v) is 7.09. The van der Waals surface area contributed by atoms with Crippen LogP contribution in [0.15, 0.2) is 30.3 Å². The lowest BCUT2D eigenvalue weighted by Gasteiger charge is -2.05. The van der Waals surface area contributed by atoms with Gasteiger partial charge >= 0.3 is 0 Å². The largest absolute Gasteiger partial charge is 0.496 e. The van der Waals surface area contributed by atoms with Gasteiger partial charge in [-0.2, -0.15) is 5.10 Å². The van der Waals surface area contributed by atoms with E-state index in [2.05, 4.69) is 5.10 Å².